The van der Waals surface area contributed by atoms with E-state index in [0.29, 0.717) is 17.1 Å². The number of rotatable bonds is 4. The van der Waals surface area contributed by atoms with Crippen LogP contribution in [-0.4, -0.2) is 17.3 Å². The molecule has 3 N–H and O–H groups in total. The third-order valence-electron chi connectivity index (χ3n) is 2.33. The minimum Gasteiger partial charge on any atom is -0.390 e. The lowest BCUT2D eigenvalue weighted by Crippen LogP contribution is -2.95. The summed E-state index contributed by atoms with van der Waals surface area (Å²) in [6, 6.07) is 4.64. The first kappa shape index (κ1) is 12.4. The predicted molar refractivity (Wildman–Crippen MR) is 58.2 cm³/mol. The summed E-state index contributed by atoms with van der Waals surface area (Å²) in [7, 11) is 0. The van der Waals surface area contributed by atoms with Crippen LogP contribution < -0.4 is 5.32 Å². The van der Waals surface area contributed by atoms with Crippen molar-refractivity contribution in [1.29, 1.82) is 0 Å². The fourth-order valence-electron chi connectivity index (χ4n) is 1.17. The molecule has 2 nitrogen and oxygen atoms in total. The van der Waals surface area contributed by atoms with Crippen molar-refractivity contribution in [3.8, 4) is 0 Å². The number of hydrogen-bond acceptors (Lipinski definition) is 1. The second-order valence-corrected chi connectivity index (χ2v) is 4.66. The molecular formula is C11H16ClFNO+. The molecule has 0 spiro atoms. The number of quaternary nitrogens is 1. The third-order valence-corrected chi connectivity index (χ3v) is 2.68. The molecule has 0 aliphatic carbocycles. The number of benzene rings is 1. The van der Waals surface area contributed by atoms with Crippen molar-refractivity contribution < 1.29 is 14.8 Å². The van der Waals surface area contributed by atoms with Crippen molar-refractivity contribution in [2.45, 2.75) is 25.9 Å². The fraction of sp³-hybridized carbons (Fsp3) is 0.455. The summed E-state index contributed by atoms with van der Waals surface area (Å²) in [5.74, 6) is -0.299. The highest BCUT2D eigenvalue weighted by Crippen LogP contribution is 2.17. The van der Waals surface area contributed by atoms with E-state index in [4.69, 9.17) is 16.7 Å². The molecular weight excluding hydrogens is 217 g/mol. The standard InChI is InChI=1S/C11H15ClFNO/c1-11(2,7-15)14-6-8-9(12)4-3-5-10(8)13/h3-5,14-15H,6-7H2,1-2H3/p+1. The molecule has 0 saturated heterocycles. The van der Waals surface area contributed by atoms with Crippen molar-refractivity contribution in [3.63, 3.8) is 0 Å². The zero-order valence-electron chi connectivity index (χ0n) is 8.93. The predicted octanol–water partition coefficient (Wildman–Crippen LogP) is 1.31. The average Bonchev–Trinajstić information content (AvgIpc) is 2.17. The maximum atomic E-state index is 13.4. The normalized spacial score (nSPS) is 11.8. The molecule has 0 radical (unpaired) electrons. The van der Waals surface area contributed by atoms with E-state index < -0.39 is 0 Å². The number of halogens is 2. The lowest BCUT2D eigenvalue weighted by Gasteiger charge is -2.20. The molecule has 15 heavy (non-hydrogen) atoms. The van der Waals surface area contributed by atoms with E-state index in [9.17, 15) is 4.39 Å². The molecule has 0 saturated carbocycles. The van der Waals surface area contributed by atoms with E-state index in [0.717, 1.165) is 0 Å². The van der Waals surface area contributed by atoms with Crippen LogP contribution >= 0.6 is 11.6 Å². The summed E-state index contributed by atoms with van der Waals surface area (Å²) < 4.78 is 13.4. The Balaban J connectivity index is 2.73. The van der Waals surface area contributed by atoms with Crippen molar-refractivity contribution in [3.05, 3.63) is 34.6 Å². The lowest BCUT2D eigenvalue weighted by molar-refractivity contribution is -0.736. The highest BCUT2D eigenvalue weighted by Gasteiger charge is 2.21. The van der Waals surface area contributed by atoms with Gasteiger partial charge in [-0.3, -0.25) is 0 Å². The van der Waals surface area contributed by atoms with Crippen molar-refractivity contribution >= 4 is 11.6 Å². The van der Waals surface area contributed by atoms with Gasteiger partial charge in [-0.2, -0.15) is 0 Å². The van der Waals surface area contributed by atoms with Gasteiger partial charge in [0.15, 0.2) is 0 Å². The Kier molecular flexibility index (Phi) is 4.08. The Hall–Kier alpha value is -0.640. The number of aliphatic hydroxyl groups excluding tert-OH is 1. The van der Waals surface area contributed by atoms with Crippen LogP contribution in [0.1, 0.15) is 19.4 Å². The third kappa shape index (κ3) is 3.45. The first-order valence-corrected chi connectivity index (χ1v) is 5.22. The van der Waals surface area contributed by atoms with Gasteiger partial charge in [0.1, 0.15) is 17.9 Å². The van der Waals surface area contributed by atoms with Gasteiger partial charge in [-0.25, -0.2) is 4.39 Å². The van der Waals surface area contributed by atoms with Crippen LogP contribution in [0.25, 0.3) is 0 Å². The molecule has 1 aromatic rings. The van der Waals surface area contributed by atoms with Crippen LogP contribution in [0.15, 0.2) is 18.2 Å². The second-order valence-electron chi connectivity index (χ2n) is 4.26. The minimum absolute atomic E-state index is 0.0407. The van der Waals surface area contributed by atoms with Gasteiger partial charge in [-0.15, -0.1) is 0 Å². The van der Waals surface area contributed by atoms with Gasteiger partial charge in [0.25, 0.3) is 0 Å². The number of aliphatic hydroxyl groups is 1. The molecule has 1 aromatic carbocycles. The quantitative estimate of drug-likeness (QED) is 0.807. The Morgan fingerprint density at radius 1 is 1.47 bits per heavy atom. The summed E-state index contributed by atoms with van der Waals surface area (Å²) in [6.07, 6.45) is 0. The number of hydrogen-bond donors (Lipinski definition) is 2. The summed E-state index contributed by atoms with van der Waals surface area (Å²) in [6.45, 7) is 4.25. The van der Waals surface area contributed by atoms with Gasteiger partial charge in [0, 0.05) is 0 Å². The molecule has 4 heteroatoms. The molecule has 0 fully saturated rings. The van der Waals surface area contributed by atoms with Gasteiger partial charge < -0.3 is 10.4 Å². The zero-order valence-corrected chi connectivity index (χ0v) is 9.68. The summed E-state index contributed by atoms with van der Waals surface area (Å²) >= 11 is 5.88. The molecule has 0 aliphatic rings. The van der Waals surface area contributed by atoms with Gasteiger partial charge in [0.2, 0.25) is 0 Å². The van der Waals surface area contributed by atoms with Gasteiger partial charge in [0.05, 0.1) is 17.2 Å². The van der Waals surface area contributed by atoms with Crippen LogP contribution in [0.2, 0.25) is 5.02 Å². The average molecular weight is 233 g/mol. The van der Waals surface area contributed by atoms with E-state index in [-0.39, 0.29) is 18.0 Å². The highest BCUT2D eigenvalue weighted by molar-refractivity contribution is 6.31. The largest absolute Gasteiger partial charge is 0.390 e. The molecule has 0 amide bonds. The maximum absolute atomic E-state index is 13.4. The monoisotopic (exact) mass is 232 g/mol. The molecule has 0 atom stereocenters. The van der Waals surface area contributed by atoms with E-state index in [1.54, 1.807) is 12.1 Å². The van der Waals surface area contributed by atoms with E-state index in [2.05, 4.69) is 0 Å². The van der Waals surface area contributed by atoms with E-state index >= 15 is 0 Å². The fourth-order valence-corrected chi connectivity index (χ4v) is 1.41. The molecule has 0 bridgehead atoms. The Morgan fingerprint density at radius 3 is 2.67 bits per heavy atom. The molecule has 0 aromatic heterocycles. The highest BCUT2D eigenvalue weighted by atomic mass is 35.5. The van der Waals surface area contributed by atoms with Crippen molar-refractivity contribution in [2.75, 3.05) is 6.61 Å². The Labute approximate surface area is 94.1 Å². The molecule has 1 rings (SSSR count). The maximum Gasteiger partial charge on any atom is 0.133 e. The molecule has 0 aliphatic heterocycles. The van der Waals surface area contributed by atoms with Gasteiger partial charge in [-0.1, -0.05) is 17.7 Å². The molecule has 84 valence electrons. The van der Waals surface area contributed by atoms with Crippen molar-refractivity contribution in [2.24, 2.45) is 0 Å². The second kappa shape index (κ2) is 4.92. The van der Waals surface area contributed by atoms with E-state index in [1.165, 1.54) is 6.07 Å². The zero-order chi connectivity index (χ0) is 11.5. The summed E-state index contributed by atoms with van der Waals surface area (Å²) in [5, 5.41) is 11.4. The van der Waals surface area contributed by atoms with Crippen LogP contribution in [0.4, 0.5) is 4.39 Å². The van der Waals surface area contributed by atoms with Crippen LogP contribution in [0.3, 0.4) is 0 Å². The summed E-state index contributed by atoms with van der Waals surface area (Å²) in [5.41, 5.74) is 0.173. The smallest absolute Gasteiger partial charge is 0.133 e. The first-order valence-electron chi connectivity index (χ1n) is 4.84. The first-order chi connectivity index (χ1) is 6.96. The summed E-state index contributed by atoms with van der Waals surface area (Å²) in [4.78, 5) is 0. The van der Waals surface area contributed by atoms with Crippen LogP contribution in [0, 0.1) is 5.82 Å². The minimum atomic E-state index is -0.314. The Morgan fingerprint density at radius 2 is 2.13 bits per heavy atom. The van der Waals surface area contributed by atoms with Gasteiger partial charge in [-0.05, 0) is 26.0 Å². The van der Waals surface area contributed by atoms with Crippen LogP contribution in [0.5, 0.6) is 0 Å². The lowest BCUT2D eigenvalue weighted by atomic mass is 10.1. The molecule has 0 heterocycles. The van der Waals surface area contributed by atoms with Crippen molar-refractivity contribution in [1.82, 2.24) is 0 Å². The van der Waals surface area contributed by atoms with Gasteiger partial charge >= 0.3 is 0 Å². The van der Waals surface area contributed by atoms with E-state index in [1.807, 2.05) is 19.2 Å². The number of nitrogens with two attached hydrogens (primary N) is 1. The molecule has 0 unspecified atom stereocenters. The SMILES string of the molecule is CC(C)(CO)[NH2+]Cc1c(F)cccc1Cl. The Bertz CT molecular complexity index is 321. The van der Waals surface area contributed by atoms with Crippen LogP contribution in [-0.2, 0) is 6.54 Å². The topological polar surface area (TPSA) is 36.8 Å².